The van der Waals surface area contributed by atoms with Crippen LogP contribution in [0.5, 0.6) is 0 Å². The molecule has 0 aliphatic heterocycles. The molecule has 0 unspecified atom stereocenters. The molecule has 2 heterocycles. The maximum atomic E-state index is 4.10. The second kappa shape index (κ2) is 3.24. The minimum Gasteiger partial charge on any atom is -0.354 e. The first kappa shape index (κ1) is 8.24. The van der Waals surface area contributed by atoms with E-state index in [-0.39, 0.29) is 0 Å². The molecule has 72 valence electrons. The highest BCUT2D eigenvalue weighted by Crippen LogP contribution is 2.22. The number of fused-ring (bicyclic) bond motifs is 1. The first-order valence-electron chi connectivity index (χ1n) is 4.92. The molecule has 2 aromatic heterocycles. The maximum absolute atomic E-state index is 4.10. The van der Waals surface area contributed by atoms with Crippen LogP contribution in [0, 0.1) is 0 Å². The minimum absolute atomic E-state index is 1.13. The largest absolute Gasteiger partial charge is 0.354 e. The fraction of sp³-hybridized carbons (Fsp3) is 0. The summed E-state index contributed by atoms with van der Waals surface area (Å²) in [5, 5.41) is 1.15. The Morgan fingerprint density at radius 2 is 1.87 bits per heavy atom. The van der Waals surface area contributed by atoms with Crippen molar-refractivity contribution in [2.75, 3.05) is 0 Å². The summed E-state index contributed by atoms with van der Waals surface area (Å²) < 4.78 is 0. The maximum Gasteiger partial charge on any atom is 0.0489 e. The average Bonchev–Trinajstić information content (AvgIpc) is 2.74. The number of aromatic nitrogens is 2. The zero-order valence-electron chi connectivity index (χ0n) is 8.14. The summed E-state index contributed by atoms with van der Waals surface area (Å²) in [5.74, 6) is 0. The summed E-state index contributed by atoms with van der Waals surface area (Å²) in [5.41, 5.74) is 3.47. The molecule has 0 fully saturated rings. The fourth-order valence-corrected chi connectivity index (χ4v) is 1.75. The number of pyridine rings is 1. The molecule has 2 heteroatoms. The molecule has 2 nitrogen and oxygen atoms in total. The highest BCUT2D eigenvalue weighted by atomic mass is 14.7. The van der Waals surface area contributed by atoms with Crippen molar-refractivity contribution in [3.63, 3.8) is 0 Å². The van der Waals surface area contributed by atoms with E-state index in [9.17, 15) is 0 Å². The number of aromatic amines is 1. The summed E-state index contributed by atoms with van der Waals surface area (Å²) in [7, 11) is 0. The van der Waals surface area contributed by atoms with Crippen LogP contribution in [-0.2, 0) is 0 Å². The number of hydrogen-bond acceptors (Lipinski definition) is 1. The average molecular weight is 194 g/mol. The third-order valence-corrected chi connectivity index (χ3v) is 2.51. The van der Waals surface area contributed by atoms with Gasteiger partial charge in [-0.1, -0.05) is 30.3 Å². The number of nitrogens with one attached hydrogen (secondary N) is 1. The summed E-state index contributed by atoms with van der Waals surface area (Å²) in [6, 6.07) is 14.4. The van der Waals surface area contributed by atoms with Crippen molar-refractivity contribution in [1.29, 1.82) is 0 Å². The van der Waals surface area contributed by atoms with Gasteiger partial charge in [-0.05, 0) is 17.7 Å². The normalized spacial score (nSPS) is 10.7. The zero-order chi connectivity index (χ0) is 10.1. The van der Waals surface area contributed by atoms with Crippen molar-refractivity contribution >= 4 is 10.9 Å². The van der Waals surface area contributed by atoms with E-state index in [1.165, 1.54) is 5.56 Å². The SMILES string of the molecule is c1ccc(-c2cc3cnccc3[nH]2)cc1. The van der Waals surface area contributed by atoms with Gasteiger partial charge in [0.1, 0.15) is 0 Å². The van der Waals surface area contributed by atoms with Crippen molar-refractivity contribution in [3.8, 4) is 11.3 Å². The van der Waals surface area contributed by atoms with Gasteiger partial charge in [-0.2, -0.15) is 0 Å². The van der Waals surface area contributed by atoms with Crippen LogP contribution in [0.3, 0.4) is 0 Å². The van der Waals surface area contributed by atoms with Gasteiger partial charge < -0.3 is 4.98 Å². The van der Waals surface area contributed by atoms with E-state index in [1.807, 2.05) is 30.5 Å². The van der Waals surface area contributed by atoms with Crippen molar-refractivity contribution in [1.82, 2.24) is 9.97 Å². The van der Waals surface area contributed by atoms with Crippen LogP contribution in [0.2, 0.25) is 0 Å². The highest BCUT2D eigenvalue weighted by molar-refractivity contribution is 5.84. The lowest BCUT2D eigenvalue weighted by Crippen LogP contribution is -1.74. The predicted molar refractivity (Wildman–Crippen MR) is 61.5 cm³/mol. The topological polar surface area (TPSA) is 28.7 Å². The second-order valence-electron chi connectivity index (χ2n) is 3.51. The molecule has 1 aromatic carbocycles. The van der Waals surface area contributed by atoms with Crippen molar-refractivity contribution in [2.45, 2.75) is 0 Å². The number of benzene rings is 1. The van der Waals surface area contributed by atoms with E-state index in [1.54, 1.807) is 6.20 Å². The van der Waals surface area contributed by atoms with Gasteiger partial charge >= 0.3 is 0 Å². The molecule has 1 N–H and O–H groups in total. The van der Waals surface area contributed by atoms with Crippen LogP contribution < -0.4 is 0 Å². The van der Waals surface area contributed by atoms with E-state index >= 15 is 0 Å². The summed E-state index contributed by atoms with van der Waals surface area (Å²) in [6.07, 6.45) is 3.67. The number of nitrogens with zero attached hydrogens (tertiary/aromatic N) is 1. The molecule has 0 spiro atoms. The van der Waals surface area contributed by atoms with Gasteiger partial charge in [-0.3, -0.25) is 4.98 Å². The Hall–Kier alpha value is -2.09. The Kier molecular flexibility index (Phi) is 1.78. The van der Waals surface area contributed by atoms with Crippen LogP contribution >= 0.6 is 0 Å². The van der Waals surface area contributed by atoms with E-state index in [0.717, 1.165) is 16.6 Å². The molecule has 0 amide bonds. The number of rotatable bonds is 1. The lowest BCUT2D eigenvalue weighted by atomic mass is 10.1. The van der Waals surface area contributed by atoms with E-state index in [2.05, 4.69) is 28.2 Å². The monoisotopic (exact) mass is 194 g/mol. The van der Waals surface area contributed by atoms with Crippen molar-refractivity contribution in [2.24, 2.45) is 0 Å². The molecule has 0 aliphatic rings. The third-order valence-electron chi connectivity index (χ3n) is 2.51. The second-order valence-corrected chi connectivity index (χ2v) is 3.51. The Bertz CT molecular complexity index is 549. The summed E-state index contributed by atoms with van der Waals surface area (Å²) in [4.78, 5) is 7.47. The molecule has 3 rings (SSSR count). The van der Waals surface area contributed by atoms with Gasteiger partial charge in [-0.15, -0.1) is 0 Å². The fourth-order valence-electron chi connectivity index (χ4n) is 1.75. The summed E-state index contributed by atoms with van der Waals surface area (Å²) >= 11 is 0. The molecule has 3 aromatic rings. The standard InChI is InChI=1S/C13H10N2/c1-2-4-10(5-3-1)13-8-11-9-14-7-6-12(11)15-13/h1-9,15H. The van der Waals surface area contributed by atoms with Crippen LogP contribution in [0.1, 0.15) is 0 Å². The van der Waals surface area contributed by atoms with Crippen molar-refractivity contribution in [3.05, 3.63) is 54.9 Å². The smallest absolute Gasteiger partial charge is 0.0489 e. The molecule has 0 atom stereocenters. The predicted octanol–water partition coefficient (Wildman–Crippen LogP) is 3.23. The van der Waals surface area contributed by atoms with Gasteiger partial charge in [0, 0.05) is 29.0 Å². The number of hydrogen-bond donors (Lipinski definition) is 1. The van der Waals surface area contributed by atoms with E-state index < -0.39 is 0 Å². The first-order valence-corrected chi connectivity index (χ1v) is 4.92. The molecular formula is C13H10N2. The van der Waals surface area contributed by atoms with Gasteiger partial charge in [0.25, 0.3) is 0 Å². The molecule has 0 aliphatic carbocycles. The summed E-state index contributed by atoms with van der Waals surface area (Å²) in [6.45, 7) is 0. The lowest BCUT2D eigenvalue weighted by Gasteiger charge is -1.94. The zero-order valence-corrected chi connectivity index (χ0v) is 8.14. The van der Waals surface area contributed by atoms with Gasteiger partial charge in [-0.25, -0.2) is 0 Å². The Labute approximate surface area is 87.6 Å². The van der Waals surface area contributed by atoms with Crippen LogP contribution in [-0.4, -0.2) is 9.97 Å². The molecule has 0 saturated carbocycles. The molecule has 15 heavy (non-hydrogen) atoms. The Morgan fingerprint density at radius 3 is 2.67 bits per heavy atom. The van der Waals surface area contributed by atoms with Crippen LogP contribution in [0.4, 0.5) is 0 Å². The number of H-pyrrole nitrogens is 1. The van der Waals surface area contributed by atoms with Crippen LogP contribution in [0.25, 0.3) is 22.2 Å². The Balaban J connectivity index is 2.21. The first-order chi connectivity index (χ1) is 7.43. The van der Waals surface area contributed by atoms with Gasteiger partial charge in [0.2, 0.25) is 0 Å². The highest BCUT2D eigenvalue weighted by Gasteiger charge is 2.01. The molecular weight excluding hydrogens is 184 g/mol. The van der Waals surface area contributed by atoms with Crippen molar-refractivity contribution < 1.29 is 0 Å². The van der Waals surface area contributed by atoms with Gasteiger partial charge in [0.05, 0.1) is 0 Å². The van der Waals surface area contributed by atoms with Crippen LogP contribution in [0.15, 0.2) is 54.9 Å². The molecule has 0 radical (unpaired) electrons. The lowest BCUT2D eigenvalue weighted by molar-refractivity contribution is 1.36. The molecule has 0 bridgehead atoms. The molecule has 0 saturated heterocycles. The van der Waals surface area contributed by atoms with Gasteiger partial charge in [0.15, 0.2) is 0 Å². The van der Waals surface area contributed by atoms with E-state index in [4.69, 9.17) is 0 Å². The Morgan fingerprint density at radius 1 is 1.00 bits per heavy atom. The quantitative estimate of drug-likeness (QED) is 0.633. The third kappa shape index (κ3) is 1.40. The van der Waals surface area contributed by atoms with E-state index in [0.29, 0.717) is 0 Å². The minimum atomic E-state index is 1.13.